The fraction of sp³-hybridized carbons (Fsp3) is 0.105. The molecule has 6 heteroatoms. The summed E-state index contributed by atoms with van der Waals surface area (Å²) in [6, 6.07) is 17.5. The van der Waals surface area contributed by atoms with Crippen molar-refractivity contribution in [3.05, 3.63) is 78.5 Å². The highest BCUT2D eigenvalue weighted by Gasteiger charge is 2.14. The smallest absolute Gasteiger partial charge is 0.225 e. The lowest BCUT2D eigenvalue weighted by atomic mass is 10.1. The van der Waals surface area contributed by atoms with Gasteiger partial charge in [-0.3, -0.25) is 4.57 Å². The molecular weight excluding hydrogens is 317 g/mol. The maximum absolute atomic E-state index is 14.3. The maximum atomic E-state index is 14.3. The molecule has 0 saturated heterocycles. The number of rotatable bonds is 4. The predicted molar refractivity (Wildman–Crippen MR) is 95.1 cm³/mol. The zero-order valence-corrected chi connectivity index (χ0v) is 13.6. The number of halogens is 1. The average molecular weight is 333 g/mol. The molecule has 0 radical (unpaired) electrons. The summed E-state index contributed by atoms with van der Waals surface area (Å²) in [5.74, 6) is 0.0399. The fourth-order valence-corrected chi connectivity index (χ4v) is 2.74. The highest BCUT2D eigenvalue weighted by molar-refractivity contribution is 5.76. The van der Waals surface area contributed by atoms with Crippen LogP contribution in [0, 0.1) is 5.82 Å². The van der Waals surface area contributed by atoms with Crippen LogP contribution in [-0.2, 0) is 0 Å². The Labute approximate surface area is 144 Å². The number of imidazole rings is 1. The van der Waals surface area contributed by atoms with E-state index >= 15 is 0 Å². The zero-order valence-electron chi connectivity index (χ0n) is 13.6. The third-order valence-corrected chi connectivity index (χ3v) is 4.05. The van der Waals surface area contributed by atoms with Gasteiger partial charge in [0.2, 0.25) is 5.95 Å². The molecule has 0 aliphatic carbocycles. The summed E-state index contributed by atoms with van der Waals surface area (Å²) >= 11 is 0. The van der Waals surface area contributed by atoms with E-state index in [0.717, 1.165) is 16.6 Å². The van der Waals surface area contributed by atoms with Crippen LogP contribution in [0.3, 0.4) is 0 Å². The standard InChI is InChI=1S/C19H16FN5/c1-13(14-7-3-2-4-8-14)23-19-21-11-15(20)18(24-19)25-12-22-16-9-5-6-10-17(16)25/h2-13H,1H3,(H,21,23,24). The number of hydrogen-bond donors (Lipinski definition) is 1. The van der Waals surface area contributed by atoms with E-state index in [-0.39, 0.29) is 11.9 Å². The summed E-state index contributed by atoms with van der Waals surface area (Å²) in [7, 11) is 0. The van der Waals surface area contributed by atoms with E-state index < -0.39 is 5.82 Å². The first-order valence-electron chi connectivity index (χ1n) is 7.99. The minimum Gasteiger partial charge on any atom is -0.348 e. The van der Waals surface area contributed by atoms with Crippen LogP contribution in [0.25, 0.3) is 16.9 Å². The van der Waals surface area contributed by atoms with E-state index in [9.17, 15) is 4.39 Å². The third-order valence-electron chi connectivity index (χ3n) is 4.05. The number of hydrogen-bond acceptors (Lipinski definition) is 4. The van der Waals surface area contributed by atoms with Gasteiger partial charge < -0.3 is 5.32 Å². The van der Waals surface area contributed by atoms with Crippen molar-refractivity contribution >= 4 is 17.0 Å². The molecule has 25 heavy (non-hydrogen) atoms. The van der Waals surface area contributed by atoms with E-state index in [2.05, 4.69) is 20.3 Å². The van der Waals surface area contributed by atoms with Crippen molar-refractivity contribution in [1.29, 1.82) is 0 Å². The van der Waals surface area contributed by atoms with Crippen molar-refractivity contribution in [1.82, 2.24) is 19.5 Å². The maximum Gasteiger partial charge on any atom is 0.225 e. The summed E-state index contributed by atoms with van der Waals surface area (Å²) in [5, 5.41) is 3.21. The molecule has 0 spiro atoms. The van der Waals surface area contributed by atoms with Crippen LogP contribution in [0.5, 0.6) is 0 Å². The zero-order chi connectivity index (χ0) is 17.2. The first-order valence-corrected chi connectivity index (χ1v) is 7.99. The van der Waals surface area contributed by atoms with Gasteiger partial charge in [-0.15, -0.1) is 0 Å². The SMILES string of the molecule is CC(Nc1ncc(F)c(-n2cnc3ccccc32)n1)c1ccccc1. The number of para-hydroxylation sites is 2. The lowest BCUT2D eigenvalue weighted by molar-refractivity contribution is 0.603. The van der Waals surface area contributed by atoms with Crippen molar-refractivity contribution in [3.8, 4) is 5.82 Å². The van der Waals surface area contributed by atoms with Gasteiger partial charge >= 0.3 is 0 Å². The summed E-state index contributed by atoms with van der Waals surface area (Å²) in [6.07, 6.45) is 2.75. The highest BCUT2D eigenvalue weighted by atomic mass is 19.1. The average Bonchev–Trinajstić information content (AvgIpc) is 3.08. The summed E-state index contributed by atoms with van der Waals surface area (Å²) in [5.41, 5.74) is 2.68. The van der Waals surface area contributed by atoms with Crippen LogP contribution in [0.2, 0.25) is 0 Å². The molecule has 2 aromatic heterocycles. The Kier molecular flexibility index (Phi) is 3.85. The second-order valence-corrected chi connectivity index (χ2v) is 5.75. The molecule has 0 aliphatic heterocycles. The molecule has 0 aliphatic rings. The normalized spacial score (nSPS) is 12.2. The van der Waals surface area contributed by atoms with Crippen LogP contribution in [0.4, 0.5) is 10.3 Å². The van der Waals surface area contributed by atoms with E-state index in [1.54, 1.807) is 10.9 Å². The number of benzene rings is 2. The van der Waals surface area contributed by atoms with Crippen molar-refractivity contribution in [2.75, 3.05) is 5.32 Å². The van der Waals surface area contributed by atoms with Crippen LogP contribution in [-0.4, -0.2) is 19.5 Å². The largest absolute Gasteiger partial charge is 0.348 e. The molecule has 2 aromatic carbocycles. The second kappa shape index (κ2) is 6.32. The Morgan fingerprint density at radius 2 is 1.76 bits per heavy atom. The van der Waals surface area contributed by atoms with E-state index in [1.165, 1.54) is 6.20 Å². The Morgan fingerprint density at radius 3 is 2.60 bits per heavy atom. The molecular formula is C19H16FN5. The van der Waals surface area contributed by atoms with Crippen molar-refractivity contribution in [3.63, 3.8) is 0 Å². The molecule has 2 heterocycles. The van der Waals surface area contributed by atoms with Gasteiger partial charge in [-0.05, 0) is 24.6 Å². The van der Waals surface area contributed by atoms with Crippen LogP contribution in [0.15, 0.2) is 67.1 Å². The third kappa shape index (κ3) is 2.94. The van der Waals surface area contributed by atoms with Gasteiger partial charge in [0.25, 0.3) is 0 Å². The molecule has 1 unspecified atom stereocenters. The number of nitrogens with one attached hydrogen (secondary N) is 1. The molecule has 0 saturated carbocycles. The van der Waals surface area contributed by atoms with Gasteiger partial charge in [0.15, 0.2) is 11.6 Å². The quantitative estimate of drug-likeness (QED) is 0.610. The minimum absolute atomic E-state index is 0.000886. The van der Waals surface area contributed by atoms with Gasteiger partial charge in [-0.25, -0.2) is 14.4 Å². The number of aromatic nitrogens is 4. The Hall–Kier alpha value is -3.28. The monoisotopic (exact) mass is 333 g/mol. The van der Waals surface area contributed by atoms with Crippen molar-refractivity contribution in [2.24, 2.45) is 0 Å². The van der Waals surface area contributed by atoms with Crippen molar-refractivity contribution < 1.29 is 4.39 Å². The second-order valence-electron chi connectivity index (χ2n) is 5.75. The van der Waals surface area contributed by atoms with Gasteiger partial charge in [0.05, 0.1) is 23.3 Å². The molecule has 4 rings (SSSR count). The van der Waals surface area contributed by atoms with E-state index in [1.807, 2.05) is 61.5 Å². The van der Waals surface area contributed by atoms with E-state index in [4.69, 9.17) is 0 Å². The molecule has 4 aromatic rings. The minimum atomic E-state index is -0.499. The molecule has 1 atom stereocenters. The van der Waals surface area contributed by atoms with Gasteiger partial charge in [-0.2, -0.15) is 4.98 Å². The Bertz CT molecular complexity index is 1010. The topological polar surface area (TPSA) is 55.6 Å². The summed E-state index contributed by atoms with van der Waals surface area (Å²) < 4.78 is 15.9. The van der Waals surface area contributed by atoms with Gasteiger partial charge in [-0.1, -0.05) is 42.5 Å². The first-order chi connectivity index (χ1) is 12.2. The number of nitrogens with zero attached hydrogens (tertiary/aromatic N) is 4. The van der Waals surface area contributed by atoms with Gasteiger partial charge in [0, 0.05) is 0 Å². The molecule has 0 bridgehead atoms. The summed E-state index contributed by atoms with van der Waals surface area (Å²) in [6.45, 7) is 2.01. The van der Waals surface area contributed by atoms with Crippen LogP contribution in [0.1, 0.15) is 18.5 Å². The number of anilines is 1. The predicted octanol–water partition coefficient (Wildman–Crippen LogP) is 4.13. The molecule has 124 valence electrons. The Balaban J connectivity index is 1.69. The van der Waals surface area contributed by atoms with E-state index in [0.29, 0.717) is 5.95 Å². The highest BCUT2D eigenvalue weighted by Crippen LogP contribution is 2.21. The fourth-order valence-electron chi connectivity index (χ4n) is 2.74. The summed E-state index contributed by atoms with van der Waals surface area (Å²) in [4.78, 5) is 12.7. The molecule has 5 nitrogen and oxygen atoms in total. The lowest BCUT2D eigenvalue weighted by Crippen LogP contribution is -2.11. The van der Waals surface area contributed by atoms with Crippen molar-refractivity contribution in [2.45, 2.75) is 13.0 Å². The molecule has 0 amide bonds. The molecule has 0 fully saturated rings. The first kappa shape index (κ1) is 15.3. The van der Waals surface area contributed by atoms with Crippen LogP contribution >= 0.6 is 0 Å². The number of fused-ring (bicyclic) bond motifs is 1. The lowest BCUT2D eigenvalue weighted by Gasteiger charge is -2.15. The van der Waals surface area contributed by atoms with Gasteiger partial charge in [0.1, 0.15) is 6.33 Å². The Morgan fingerprint density at radius 1 is 1.00 bits per heavy atom. The van der Waals surface area contributed by atoms with Crippen LogP contribution < -0.4 is 5.32 Å². The molecule has 1 N–H and O–H groups in total.